The van der Waals surface area contributed by atoms with Gasteiger partial charge in [0.1, 0.15) is 16.7 Å². The lowest BCUT2D eigenvalue weighted by molar-refractivity contribution is 0.572. The minimum Gasteiger partial charge on any atom is -0.454 e. The average molecular weight is 783 g/mol. The highest BCUT2D eigenvalue weighted by Crippen LogP contribution is 2.53. The molecule has 5 heteroatoms. The van der Waals surface area contributed by atoms with Gasteiger partial charge in [0.25, 0.3) is 0 Å². The van der Waals surface area contributed by atoms with E-state index in [-0.39, 0.29) is 10.8 Å². The third kappa shape index (κ3) is 5.45. The van der Waals surface area contributed by atoms with Crippen molar-refractivity contribution in [3.8, 4) is 0 Å². The second-order valence-corrected chi connectivity index (χ2v) is 18.3. The number of hydrogen-bond acceptors (Lipinski definition) is 5. The van der Waals surface area contributed by atoms with Gasteiger partial charge in [-0.1, -0.05) is 157 Å². The fourth-order valence-electron chi connectivity index (χ4n) is 9.35. The van der Waals surface area contributed by atoms with Crippen LogP contribution in [0.15, 0.2) is 159 Å². The quantitative estimate of drug-likeness (QED) is 0.176. The van der Waals surface area contributed by atoms with Crippen LogP contribution in [-0.2, 0) is 10.8 Å². The van der Waals surface area contributed by atoms with E-state index in [2.05, 4.69) is 198 Å². The Kier molecular flexibility index (Phi) is 7.83. The monoisotopic (exact) mass is 782 g/mol. The molecule has 0 aliphatic carbocycles. The fraction of sp³-hybridized carbons (Fsp3) is 0.164. The Morgan fingerprint density at radius 1 is 0.450 bits per heavy atom. The summed E-state index contributed by atoms with van der Waals surface area (Å²) in [6.45, 7) is 15.6. The second-order valence-electron chi connectivity index (χ2n) is 18.3. The van der Waals surface area contributed by atoms with Crippen molar-refractivity contribution in [2.24, 2.45) is 0 Å². The van der Waals surface area contributed by atoms with Gasteiger partial charge >= 0.3 is 0 Å². The van der Waals surface area contributed by atoms with Crippen LogP contribution < -0.4 is 10.2 Å². The maximum atomic E-state index is 7.11. The lowest BCUT2D eigenvalue weighted by Gasteiger charge is -2.28. The summed E-state index contributed by atoms with van der Waals surface area (Å²) in [6, 6.07) is 51.6. The molecule has 0 aliphatic heterocycles. The molecule has 11 aromatic rings. The second kappa shape index (κ2) is 13.0. The van der Waals surface area contributed by atoms with E-state index in [1.165, 1.54) is 11.1 Å². The number of nitrogens with one attached hydrogen (secondary N) is 1. The van der Waals surface area contributed by atoms with Gasteiger partial charge in [-0.15, -0.1) is 0 Å². The SMILES string of the molecule is Cc1cccc(N(c2cccc3c2oc2c(C(C)(C)C)cccc23)c2c3ccccc3c(Nc3cccc4c3oc3c(C(C)(C)C)cccc34)c3c2oc2ccccc23)c1. The van der Waals surface area contributed by atoms with Crippen molar-refractivity contribution in [2.75, 3.05) is 10.2 Å². The molecule has 0 saturated heterocycles. The molecular formula is C55H46N2O3. The Morgan fingerprint density at radius 2 is 0.983 bits per heavy atom. The molecule has 0 bridgehead atoms. The van der Waals surface area contributed by atoms with E-state index in [0.29, 0.717) is 0 Å². The summed E-state index contributed by atoms with van der Waals surface area (Å²) < 4.78 is 21.1. The van der Waals surface area contributed by atoms with Gasteiger partial charge < -0.3 is 23.5 Å². The molecule has 0 amide bonds. The van der Waals surface area contributed by atoms with Crippen LogP contribution in [0.4, 0.5) is 28.4 Å². The standard InChI is InChI=1S/C55H46N2O3/c1-32-17-12-18-33(31-32)57(44-29-16-25-39-37-23-14-27-42(55(5,6)7)50(37)60-52(39)44)48-35-20-9-8-19-34(35)47(46-40-21-10-11-30-45(40)58-53(46)48)56-43-28-15-24-38-36-22-13-26-41(54(2,3)4)49(36)59-51(38)43/h8-31,56H,1-7H3. The molecule has 8 aromatic carbocycles. The van der Waals surface area contributed by atoms with Crippen LogP contribution in [0.3, 0.4) is 0 Å². The average Bonchev–Trinajstić information content (AvgIpc) is 3.93. The van der Waals surface area contributed by atoms with E-state index in [9.17, 15) is 0 Å². The first-order valence-corrected chi connectivity index (χ1v) is 20.8. The Morgan fingerprint density at radius 3 is 1.65 bits per heavy atom. The van der Waals surface area contributed by atoms with E-state index >= 15 is 0 Å². The molecular weight excluding hydrogens is 737 g/mol. The van der Waals surface area contributed by atoms with E-state index in [1.807, 2.05) is 6.07 Å². The first-order valence-electron chi connectivity index (χ1n) is 20.8. The summed E-state index contributed by atoms with van der Waals surface area (Å²) in [6.07, 6.45) is 0. The van der Waals surface area contributed by atoms with E-state index in [4.69, 9.17) is 13.3 Å². The van der Waals surface area contributed by atoms with Crippen LogP contribution in [0.5, 0.6) is 0 Å². The van der Waals surface area contributed by atoms with Crippen molar-refractivity contribution >= 4 is 105 Å². The van der Waals surface area contributed by atoms with Gasteiger partial charge in [-0.2, -0.15) is 0 Å². The van der Waals surface area contributed by atoms with Gasteiger partial charge in [-0.25, -0.2) is 0 Å². The third-order valence-corrected chi connectivity index (χ3v) is 12.1. The van der Waals surface area contributed by atoms with Crippen molar-refractivity contribution in [3.63, 3.8) is 0 Å². The molecule has 0 unspecified atom stereocenters. The number of aryl methyl sites for hydroxylation is 1. The van der Waals surface area contributed by atoms with Crippen molar-refractivity contribution in [1.82, 2.24) is 0 Å². The zero-order valence-electron chi connectivity index (χ0n) is 35.0. The summed E-state index contributed by atoms with van der Waals surface area (Å²) in [7, 11) is 0. The van der Waals surface area contributed by atoms with Gasteiger partial charge in [-0.3, -0.25) is 0 Å². The minimum atomic E-state index is -0.106. The molecule has 0 saturated carbocycles. The highest BCUT2D eigenvalue weighted by molar-refractivity contribution is 6.28. The van der Waals surface area contributed by atoms with Crippen LogP contribution in [-0.4, -0.2) is 0 Å². The number of benzene rings is 8. The number of nitrogens with zero attached hydrogens (tertiary/aromatic N) is 1. The molecule has 0 spiro atoms. The van der Waals surface area contributed by atoms with Gasteiger partial charge in [0.2, 0.25) is 0 Å². The predicted octanol–water partition coefficient (Wildman–Crippen LogP) is 16.7. The third-order valence-electron chi connectivity index (χ3n) is 12.1. The Balaban J connectivity index is 1.23. The Labute approximate surface area is 348 Å². The Bertz CT molecular complexity index is 3510. The highest BCUT2D eigenvalue weighted by atomic mass is 16.3. The smallest absolute Gasteiger partial charge is 0.162 e. The number of furan rings is 3. The van der Waals surface area contributed by atoms with Crippen LogP contribution in [0.1, 0.15) is 58.2 Å². The van der Waals surface area contributed by atoms with Gasteiger partial charge in [0.05, 0.1) is 28.1 Å². The molecule has 0 atom stereocenters. The predicted molar refractivity (Wildman–Crippen MR) is 252 cm³/mol. The molecule has 11 rings (SSSR count). The lowest BCUT2D eigenvalue weighted by Crippen LogP contribution is -2.12. The number of anilines is 5. The van der Waals surface area contributed by atoms with Gasteiger partial charge in [0.15, 0.2) is 16.7 Å². The molecule has 3 heterocycles. The van der Waals surface area contributed by atoms with Gasteiger partial charge in [-0.05, 0) is 53.6 Å². The molecule has 294 valence electrons. The van der Waals surface area contributed by atoms with Crippen LogP contribution in [0.2, 0.25) is 0 Å². The number of hydrogen-bond donors (Lipinski definition) is 1. The largest absolute Gasteiger partial charge is 0.454 e. The molecule has 60 heavy (non-hydrogen) atoms. The molecule has 0 radical (unpaired) electrons. The number of rotatable bonds is 5. The minimum absolute atomic E-state index is 0.0837. The van der Waals surface area contributed by atoms with Crippen LogP contribution in [0, 0.1) is 6.92 Å². The first kappa shape index (κ1) is 36.1. The lowest BCUT2D eigenvalue weighted by atomic mass is 9.86. The summed E-state index contributed by atoms with van der Waals surface area (Å²) in [5.74, 6) is 0. The summed E-state index contributed by atoms with van der Waals surface area (Å²) in [5.41, 5.74) is 13.1. The summed E-state index contributed by atoms with van der Waals surface area (Å²) in [4.78, 5) is 2.35. The summed E-state index contributed by atoms with van der Waals surface area (Å²) >= 11 is 0. The number of para-hydroxylation sites is 5. The molecule has 1 N–H and O–H groups in total. The van der Waals surface area contributed by atoms with Crippen molar-refractivity contribution < 1.29 is 13.3 Å². The number of fused-ring (bicyclic) bond motifs is 10. The highest BCUT2D eigenvalue weighted by Gasteiger charge is 2.30. The molecule has 0 fully saturated rings. The van der Waals surface area contributed by atoms with E-state index < -0.39 is 0 Å². The van der Waals surface area contributed by atoms with Crippen LogP contribution in [0.25, 0.3) is 76.6 Å². The maximum Gasteiger partial charge on any atom is 0.162 e. The van der Waals surface area contributed by atoms with E-state index in [0.717, 1.165) is 111 Å². The van der Waals surface area contributed by atoms with Crippen molar-refractivity contribution in [1.29, 1.82) is 0 Å². The fourth-order valence-corrected chi connectivity index (χ4v) is 9.35. The van der Waals surface area contributed by atoms with Crippen molar-refractivity contribution in [2.45, 2.75) is 59.3 Å². The Hall–Kier alpha value is -6.98. The molecule has 0 aliphatic rings. The van der Waals surface area contributed by atoms with Gasteiger partial charge in [0, 0.05) is 54.5 Å². The topological polar surface area (TPSA) is 54.7 Å². The normalized spacial score (nSPS) is 12.6. The first-order chi connectivity index (χ1) is 29.0. The zero-order valence-corrected chi connectivity index (χ0v) is 35.0. The molecule has 3 aromatic heterocycles. The zero-order chi connectivity index (χ0) is 41.1. The summed E-state index contributed by atoms with van der Waals surface area (Å²) in [5, 5.41) is 12.4. The van der Waals surface area contributed by atoms with Crippen molar-refractivity contribution in [3.05, 3.63) is 162 Å². The maximum absolute atomic E-state index is 7.11. The van der Waals surface area contributed by atoms with E-state index in [1.54, 1.807) is 0 Å². The molecule has 5 nitrogen and oxygen atoms in total. The van der Waals surface area contributed by atoms with Crippen LogP contribution >= 0.6 is 0 Å².